The fourth-order valence-corrected chi connectivity index (χ4v) is 3.97. The second-order valence-electron chi connectivity index (χ2n) is 6.39. The third-order valence-corrected chi connectivity index (χ3v) is 4.90. The second-order valence-corrected chi connectivity index (χ2v) is 6.39. The number of aliphatic hydroxyl groups is 1. The van der Waals surface area contributed by atoms with Crippen LogP contribution in [-0.4, -0.2) is 40.5 Å². The number of fused-ring (bicyclic) bond motifs is 1. The van der Waals surface area contributed by atoms with E-state index in [0.29, 0.717) is 5.57 Å². The summed E-state index contributed by atoms with van der Waals surface area (Å²) in [6.07, 6.45) is 1.90. The summed E-state index contributed by atoms with van der Waals surface area (Å²) in [5.74, 6) is -2.72. The average Bonchev–Trinajstić information content (AvgIpc) is 3.16. The molecule has 2 N–H and O–H groups in total. The predicted octanol–water partition coefficient (Wildman–Crippen LogP) is 0.836. The normalized spacial score (nSPS) is 36.5. The lowest BCUT2D eigenvalue weighted by molar-refractivity contribution is -0.135. The first-order valence-corrected chi connectivity index (χ1v) is 7.73. The number of nitrogens with one attached hydrogen (secondary N) is 1. The monoisotopic (exact) mass is 333 g/mol. The van der Waals surface area contributed by atoms with Crippen LogP contribution < -0.4 is 5.32 Å². The van der Waals surface area contributed by atoms with Gasteiger partial charge in [-0.15, -0.1) is 0 Å². The Balaban J connectivity index is 1.98. The van der Waals surface area contributed by atoms with Crippen molar-refractivity contribution >= 4 is 17.7 Å². The largest absolute Gasteiger partial charge is 0.457 e. The van der Waals surface area contributed by atoms with Crippen LogP contribution in [0, 0.1) is 11.8 Å². The van der Waals surface area contributed by atoms with Crippen molar-refractivity contribution in [3.63, 3.8) is 0 Å². The molecule has 24 heavy (non-hydrogen) atoms. The van der Waals surface area contributed by atoms with Crippen molar-refractivity contribution in [1.29, 1.82) is 0 Å². The first-order chi connectivity index (χ1) is 11.3. The van der Waals surface area contributed by atoms with Crippen LogP contribution in [0.2, 0.25) is 0 Å². The lowest BCUT2D eigenvalue weighted by Gasteiger charge is -2.31. The highest BCUT2D eigenvalue weighted by atomic mass is 16.6. The topological polar surface area (TPSA) is 106 Å². The Kier molecular flexibility index (Phi) is 3.83. The molecule has 1 saturated carbocycles. The molecule has 2 fully saturated rings. The molecule has 7 heteroatoms. The number of carbonyl (C=O) groups excluding carboxylic acids is 3. The number of hydrogen-bond donors (Lipinski definition) is 2. The van der Waals surface area contributed by atoms with Crippen LogP contribution in [-0.2, 0) is 14.3 Å². The smallest absolute Gasteiger partial charge is 0.374 e. The molecule has 2 aliphatic rings. The van der Waals surface area contributed by atoms with Crippen LogP contribution in [0.4, 0.5) is 0 Å². The number of carbonyl (C=O) groups is 3. The van der Waals surface area contributed by atoms with Gasteiger partial charge in [-0.1, -0.05) is 6.08 Å². The van der Waals surface area contributed by atoms with Crippen LogP contribution in [0.5, 0.6) is 0 Å². The van der Waals surface area contributed by atoms with E-state index in [2.05, 4.69) is 5.32 Å². The van der Waals surface area contributed by atoms with E-state index in [1.165, 1.54) is 26.2 Å². The molecule has 1 aromatic heterocycles. The number of rotatable bonds is 3. The highest BCUT2D eigenvalue weighted by Gasteiger charge is 2.65. The Labute approximate surface area is 138 Å². The van der Waals surface area contributed by atoms with Gasteiger partial charge < -0.3 is 19.6 Å². The fraction of sp³-hybridized carbons (Fsp3) is 0.471. The van der Waals surface area contributed by atoms with E-state index in [4.69, 9.17) is 9.15 Å². The first-order valence-electron chi connectivity index (χ1n) is 7.73. The third kappa shape index (κ3) is 2.27. The predicted molar refractivity (Wildman–Crippen MR) is 81.9 cm³/mol. The Morgan fingerprint density at radius 3 is 2.71 bits per heavy atom. The van der Waals surface area contributed by atoms with Gasteiger partial charge in [0.1, 0.15) is 11.4 Å². The maximum absolute atomic E-state index is 12.2. The highest BCUT2D eigenvalue weighted by molar-refractivity contribution is 5.99. The zero-order chi connectivity index (χ0) is 17.6. The fourth-order valence-electron chi connectivity index (χ4n) is 3.97. The summed E-state index contributed by atoms with van der Waals surface area (Å²) in [5.41, 5.74) is -1.18. The Hall–Kier alpha value is -2.41. The summed E-state index contributed by atoms with van der Waals surface area (Å²) < 4.78 is 10.4. The van der Waals surface area contributed by atoms with Crippen molar-refractivity contribution < 1.29 is 28.6 Å². The summed E-state index contributed by atoms with van der Waals surface area (Å²) in [6.45, 7) is 4.52. The number of Topliss-reactive ketones (excluding diaryl/α,β-unsaturated/α-hetero) is 1. The summed E-state index contributed by atoms with van der Waals surface area (Å²) >= 11 is 0. The number of hydrogen-bond acceptors (Lipinski definition) is 6. The van der Waals surface area contributed by atoms with Gasteiger partial charge in [0, 0.05) is 11.5 Å². The van der Waals surface area contributed by atoms with E-state index < -0.39 is 35.6 Å². The van der Waals surface area contributed by atoms with E-state index in [-0.39, 0.29) is 17.5 Å². The second kappa shape index (κ2) is 5.59. The standard InChI is InChI=1S/C17H19NO6/c1-4-9-11-12(8(2)19)17(3,22)14(13(11)18-15(9)20)24-16(21)10-6-5-7-23-10/h4-7,11-14,22H,1-3H3,(H,18,20)/b9-4+/t11-,12+,13+,14+,17-/m1/s1. The summed E-state index contributed by atoms with van der Waals surface area (Å²) in [6, 6.07) is 2.32. The number of amides is 1. The van der Waals surface area contributed by atoms with Gasteiger partial charge in [-0.3, -0.25) is 9.59 Å². The van der Waals surface area contributed by atoms with E-state index in [9.17, 15) is 19.5 Å². The molecule has 0 unspecified atom stereocenters. The van der Waals surface area contributed by atoms with Crippen LogP contribution in [0.1, 0.15) is 31.3 Å². The molecule has 5 atom stereocenters. The van der Waals surface area contributed by atoms with Gasteiger partial charge in [-0.2, -0.15) is 0 Å². The van der Waals surface area contributed by atoms with Gasteiger partial charge in [-0.25, -0.2) is 4.79 Å². The van der Waals surface area contributed by atoms with Gasteiger partial charge >= 0.3 is 5.97 Å². The third-order valence-electron chi connectivity index (χ3n) is 4.90. The molecular formula is C17H19NO6. The zero-order valence-corrected chi connectivity index (χ0v) is 13.6. The zero-order valence-electron chi connectivity index (χ0n) is 13.6. The van der Waals surface area contributed by atoms with Crippen molar-refractivity contribution in [2.75, 3.05) is 0 Å². The molecule has 7 nitrogen and oxygen atoms in total. The summed E-state index contributed by atoms with van der Waals surface area (Å²) in [7, 11) is 0. The molecule has 0 spiro atoms. The molecule has 128 valence electrons. The van der Waals surface area contributed by atoms with Gasteiger partial charge in [0.05, 0.1) is 18.2 Å². The maximum Gasteiger partial charge on any atom is 0.374 e. The van der Waals surface area contributed by atoms with E-state index in [1.54, 1.807) is 19.1 Å². The molecular weight excluding hydrogens is 314 g/mol. The molecule has 2 heterocycles. The number of allylic oxidation sites excluding steroid dienone is 1. The Morgan fingerprint density at radius 2 is 2.17 bits per heavy atom. The number of ketones is 1. The van der Waals surface area contributed by atoms with E-state index in [1.807, 2.05) is 0 Å². The first kappa shape index (κ1) is 16.4. The minimum Gasteiger partial charge on any atom is -0.457 e. The summed E-state index contributed by atoms with van der Waals surface area (Å²) in [4.78, 5) is 36.5. The van der Waals surface area contributed by atoms with Gasteiger partial charge in [0.25, 0.3) is 0 Å². The Bertz CT molecular complexity index is 717. The average molecular weight is 333 g/mol. The molecule has 1 amide bonds. The number of esters is 1. The van der Waals surface area contributed by atoms with Crippen molar-refractivity contribution in [3.05, 3.63) is 35.8 Å². The molecule has 0 radical (unpaired) electrons. The van der Waals surface area contributed by atoms with E-state index in [0.717, 1.165) is 0 Å². The number of ether oxygens (including phenoxy) is 1. The molecule has 1 saturated heterocycles. The van der Waals surface area contributed by atoms with Crippen molar-refractivity contribution in [2.45, 2.75) is 38.5 Å². The SMILES string of the molecule is C/C=C1/C(=O)N[C@H]2[C@H]1[C@H](C(C)=O)[C@@](C)(O)[C@H]2OC(=O)c1ccco1. The highest BCUT2D eigenvalue weighted by Crippen LogP contribution is 2.49. The minimum atomic E-state index is -1.61. The minimum absolute atomic E-state index is 0.00999. The van der Waals surface area contributed by atoms with Crippen LogP contribution in [0.25, 0.3) is 0 Å². The van der Waals surface area contributed by atoms with Crippen molar-refractivity contribution in [1.82, 2.24) is 5.32 Å². The van der Waals surface area contributed by atoms with Crippen LogP contribution in [0.15, 0.2) is 34.5 Å². The molecule has 0 aromatic carbocycles. The van der Waals surface area contributed by atoms with Crippen molar-refractivity contribution in [2.24, 2.45) is 11.8 Å². The lowest BCUT2D eigenvalue weighted by atomic mass is 9.80. The molecule has 1 aromatic rings. The quantitative estimate of drug-likeness (QED) is 0.627. The lowest BCUT2D eigenvalue weighted by Crippen LogP contribution is -2.51. The van der Waals surface area contributed by atoms with Gasteiger partial charge in [-0.05, 0) is 32.9 Å². The molecule has 1 aliphatic heterocycles. The molecule has 0 bridgehead atoms. The van der Waals surface area contributed by atoms with Gasteiger partial charge in [0.2, 0.25) is 11.7 Å². The summed E-state index contributed by atoms with van der Waals surface area (Å²) in [5, 5.41) is 13.7. The maximum atomic E-state index is 12.2. The molecule has 1 aliphatic carbocycles. The van der Waals surface area contributed by atoms with Crippen LogP contribution in [0.3, 0.4) is 0 Å². The van der Waals surface area contributed by atoms with E-state index >= 15 is 0 Å². The van der Waals surface area contributed by atoms with Gasteiger partial charge in [0.15, 0.2) is 6.10 Å². The van der Waals surface area contributed by atoms with Crippen molar-refractivity contribution in [3.8, 4) is 0 Å². The van der Waals surface area contributed by atoms with Crippen LogP contribution >= 0.6 is 0 Å². The number of furan rings is 1. The Morgan fingerprint density at radius 1 is 1.46 bits per heavy atom. The molecule has 3 rings (SSSR count).